The highest BCUT2D eigenvalue weighted by Gasteiger charge is 2.17. The van der Waals surface area contributed by atoms with E-state index in [4.69, 9.17) is 4.74 Å². The van der Waals surface area contributed by atoms with Crippen molar-refractivity contribution in [1.29, 1.82) is 0 Å². The number of benzene rings is 1. The fourth-order valence-corrected chi connectivity index (χ4v) is 4.40. The largest absolute Gasteiger partial charge is 0.378 e. The molecule has 1 saturated heterocycles. The highest BCUT2D eigenvalue weighted by molar-refractivity contribution is 7.99. The average Bonchev–Trinajstić information content (AvgIpc) is 2.72. The monoisotopic (exact) mass is 415 g/mol. The Kier molecular flexibility index (Phi) is 7.50. The molecular weight excluding hydrogens is 386 g/mol. The van der Waals surface area contributed by atoms with E-state index >= 15 is 0 Å². The summed E-state index contributed by atoms with van der Waals surface area (Å²) in [5, 5.41) is 0.708. The maximum Gasteiger partial charge on any atom is 0.257 e. The zero-order valence-corrected chi connectivity index (χ0v) is 18.3. The van der Waals surface area contributed by atoms with Gasteiger partial charge in [-0.05, 0) is 25.8 Å². The number of nitrogens with zero attached hydrogens (tertiary/aromatic N) is 3. The fraction of sp³-hybridized carbons (Fsp3) is 0.500. The van der Waals surface area contributed by atoms with Gasteiger partial charge in [0.25, 0.3) is 5.56 Å². The molecule has 0 aliphatic carbocycles. The van der Waals surface area contributed by atoms with E-state index in [1.807, 2.05) is 24.0 Å². The smallest absolute Gasteiger partial charge is 0.257 e. The summed E-state index contributed by atoms with van der Waals surface area (Å²) in [6.45, 7) is 6.57. The fourth-order valence-electron chi connectivity index (χ4n) is 3.45. The molecule has 1 amide bonds. The Morgan fingerprint density at radius 3 is 2.72 bits per heavy atom. The summed E-state index contributed by atoms with van der Waals surface area (Å²) >= 11 is 1.54. The van der Waals surface area contributed by atoms with E-state index in [1.54, 1.807) is 11.6 Å². The van der Waals surface area contributed by atoms with Crippen molar-refractivity contribution in [1.82, 2.24) is 14.5 Å². The molecule has 0 N–H and O–H groups in total. The van der Waals surface area contributed by atoms with Gasteiger partial charge in [-0.3, -0.25) is 14.2 Å². The van der Waals surface area contributed by atoms with Gasteiger partial charge in [-0.15, -0.1) is 0 Å². The van der Waals surface area contributed by atoms with E-state index in [0.717, 1.165) is 29.0 Å². The second-order valence-electron chi connectivity index (χ2n) is 7.43. The van der Waals surface area contributed by atoms with Crippen molar-refractivity contribution < 1.29 is 9.53 Å². The minimum absolute atomic E-state index is 0.00546. The van der Waals surface area contributed by atoms with Crippen molar-refractivity contribution >= 4 is 17.7 Å². The highest BCUT2D eigenvalue weighted by Crippen LogP contribution is 2.18. The minimum atomic E-state index is 0.00546. The Bertz CT molecular complexity index is 920. The standard InChI is InChI=1S/C22H29N3O3S/c1-16-6-4-7-18(14-16)15-19-17(2)23-22(24(3)21(19)27)29-13-5-8-20(26)25-9-11-28-12-10-25/h4,6-7,14H,5,8-13,15H2,1-3H3. The van der Waals surface area contributed by atoms with E-state index in [-0.39, 0.29) is 11.5 Å². The summed E-state index contributed by atoms with van der Waals surface area (Å²) in [5.74, 6) is 0.938. The molecule has 3 rings (SSSR count). The number of carbonyl (C=O) groups is 1. The maximum absolute atomic E-state index is 12.9. The van der Waals surface area contributed by atoms with E-state index in [0.29, 0.717) is 44.3 Å². The lowest BCUT2D eigenvalue weighted by atomic mass is 10.0. The molecule has 1 aromatic heterocycles. The third-order valence-electron chi connectivity index (χ3n) is 5.14. The third kappa shape index (κ3) is 5.70. The quantitative estimate of drug-likeness (QED) is 0.395. The first-order valence-electron chi connectivity index (χ1n) is 10.1. The number of morpholine rings is 1. The van der Waals surface area contributed by atoms with Gasteiger partial charge in [0, 0.05) is 50.0 Å². The van der Waals surface area contributed by atoms with Crippen LogP contribution >= 0.6 is 11.8 Å². The molecule has 0 atom stereocenters. The number of aryl methyl sites for hydroxylation is 2. The zero-order chi connectivity index (χ0) is 20.8. The molecule has 2 aromatic rings. The van der Waals surface area contributed by atoms with Crippen molar-refractivity contribution in [3.63, 3.8) is 0 Å². The van der Waals surface area contributed by atoms with Gasteiger partial charge >= 0.3 is 0 Å². The molecule has 0 bridgehead atoms. The lowest BCUT2D eigenvalue weighted by molar-refractivity contribution is -0.135. The van der Waals surface area contributed by atoms with Crippen LogP contribution in [-0.4, -0.2) is 52.4 Å². The van der Waals surface area contributed by atoms with Gasteiger partial charge in [0.05, 0.1) is 13.2 Å². The normalized spacial score (nSPS) is 14.2. The SMILES string of the molecule is Cc1cccc(Cc2c(C)nc(SCCCC(=O)N3CCOCC3)n(C)c2=O)c1. The Hall–Kier alpha value is -2.12. The zero-order valence-electron chi connectivity index (χ0n) is 17.4. The maximum atomic E-state index is 12.9. The predicted molar refractivity (Wildman–Crippen MR) is 116 cm³/mol. The molecule has 1 aliphatic heterocycles. The van der Waals surface area contributed by atoms with Gasteiger partial charge in [0.2, 0.25) is 5.91 Å². The predicted octanol–water partition coefficient (Wildman–Crippen LogP) is 2.72. The van der Waals surface area contributed by atoms with Crippen molar-refractivity contribution in [2.75, 3.05) is 32.1 Å². The molecule has 2 heterocycles. The first kappa shape index (κ1) is 21.6. The second kappa shape index (κ2) is 10.1. The number of ether oxygens (including phenoxy) is 1. The first-order valence-corrected chi connectivity index (χ1v) is 11.0. The molecule has 6 nitrogen and oxygen atoms in total. The van der Waals surface area contributed by atoms with Crippen LogP contribution in [0, 0.1) is 13.8 Å². The van der Waals surface area contributed by atoms with E-state index in [2.05, 4.69) is 24.0 Å². The summed E-state index contributed by atoms with van der Waals surface area (Å²) < 4.78 is 6.91. The number of amides is 1. The van der Waals surface area contributed by atoms with Crippen molar-refractivity contribution in [3.05, 3.63) is 57.0 Å². The summed E-state index contributed by atoms with van der Waals surface area (Å²) in [6.07, 6.45) is 1.87. The number of carbonyl (C=O) groups excluding carboxylic acids is 1. The van der Waals surface area contributed by atoms with Crippen LogP contribution in [0.2, 0.25) is 0 Å². The summed E-state index contributed by atoms with van der Waals surface area (Å²) in [5.41, 5.74) is 3.83. The number of hydrogen-bond acceptors (Lipinski definition) is 5. The average molecular weight is 416 g/mol. The summed E-state index contributed by atoms with van der Waals surface area (Å²) in [7, 11) is 1.77. The Morgan fingerprint density at radius 2 is 2.00 bits per heavy atom. The first-order chi connectivity index (χ1) is 14.0. The van der Waals surface area contributed by atoms with Crippen molar-refractivity contribution in [2.24, 2.45) is 7.05 Å². The molecule has 0 spiro atoms. The van der Waals surface area contributed by atoms with E-state index in [1.165, 1.54) is 17.3 Å². The van der Waals surface area contributed by atoms with Crippen LogP contribution < -0.4 is 5.56 Å². The molecular formula is C22H29N3O3S. The third-order valence-corrected chi connectivity index (χ3v) is 6.26. The Labute approximate surface area is 176 Å². The van der Waals surface area contributed by atoms with Crippen LogP contribution in [0.4, 0.5) is 0 Å². The van der Waals surface area contributed by atoms with Crippen molar-refractivity contribution in [2.45, 2.75) is 38.3 Å². The molecule has 1 aromatic carbocycles. The van der Waals surface area contributed by atoms with Crippen LogP contribution in [-0.2, 0) is 23.0 Å². The van der Waals surface area contributed by atoms with Gasteiger partial charge in [0.1, 0.15) is 0 Å². The Morgan fingerprint density at radius 1 is 1.24 bits per heavy atom. The molecule has 0 radical (unpaired) electrons. The molecule has 29 heavy (non-hydrogen) atoms. The number of aromatic nitrogens is 2. The van der Waals surface area contributed by atoms with Crippen LogP contribution in [0.3, 0.4) is 0 Å². The van der Waals surface area contributed by atoms with Crippen LogP contribution in [0.25, 0.3) is 0 Å². The Balaban J connectivity index is 1.59. The van der Waals surface area contributed by atoms with Gasteiger partial charge in [-0.2, -0.15) is 0 Å². The van der Waals surface area contributed by atoms with Crippen LogP contribution in [0.5, 0.6) is 0 Å². The van der Waals surface area contributed by atoms with Crippen LogP contribution in [0.1, 0.15) is 35.2 Å². The lowest BCUT2D eigenvalue weighted by Crippen LogP contribution is -2.40. The van der Waals surface area contributed by atoms with Crippen LogP contribution in [0.15, 0.2) is 34.2 Å². The van der Waals surface area contributed by atoms with Crippen molar-refractivity contribution in [3.8, 4) is 0 Å². The van der Waals surface area contributed by atoms with Gasteiger partial charge < -0.3 is 9.64 Å². The molecule has 0 unspecified atom stereocenters. The number of thioether (sulfide) groups is 1. The molecule has 156 valence electrons. The van der Waals surface area contributed by atoms with E-state index in [9.17, 15) is 9.59 Å². The molecule has 1 fully saturated rings. The molecule has 7 heteroatoms. The van der Waals surface area contributed by atoms with E-state index < -0.39 is 0 Å². The lowest BCUT2D eigenvalue weighted by Gasteiger charge is -2.26. The topological polar surface area (TPSA) is 64.4 Å². The summed E-state index contributed by atoms with van der Waals surface area (Å²) in [6, 6.07) is 8.21. The number of rotatable bonds is 7. The minimum Gasteiger partial charge on any atom is -0.378 e. The summed E-state index contributed by atoms with van der Waals surface area (Å²) in [4.78, 5) is 31.6. The number of hydrogen-bond donors (Lipinski definition) is 0. The molecule has 0 saturated carbocycles. The second-order valence-corrected chi connectivity index (χ2v) is 8.50. The van der Waals surface area contributed by atoms with Gasteiger partial charge in [-0.25, -0.2) is 4.98 Å². The van der Waals surface area contributed by atoms with Gasteiger partial charge in [0.15, 0.2) is 5.16 Å². The highest BCUT2D eigenvalue weighted by atomic mass is 32.2. The van der Waals surface area contributed by atoms with Gasteiger partial charge in [-0.1, -0.05) is 41.6 Å². The molecule has 1 aliphatic rings.